The predicted octanol–water partition coefficient (Wildman–Crippen LogP) is 2.58. The zero-order chi connectivity index (χ0) is 23.5. The van der Waals surface area contributed by atoms with Crippen molar-refractivity contribution < 1.29 is 18.0 Å². The van der Waals surface area contributed by atoms with E-state index in [1.54, 1.807) is 52.0 Å². The van der Waals surface area contributed by atoms with Crippen LogP contribution in [0.4, 0.5) is 0 Å². The summed E-state index contributed by atoms with van der Waals surface area (Å²) in [6, 6.07) is 6.81. The van der Waals surface area contributed by atoms with E-state index in [1.807, 2.05) is 0 Å². The number of rotatable bonds is 7. The lowest BCUT2D eigenvalue weighted by molar-refractivity contribution is -0.148. The summed E-state index contributed by atoms with van der Waals surface area (Å²) in [7, 11) is -3.86. The topological polar surface area (TPSA) is 110 Å². The predicted molar refractivity (Wildman–Crippen MR) is 122 cm³/mol. The molecule has 0 aromatic heterocycles. The molecule has 2 unspecified atom stereocenters. The molecule has 1 aromatic carbocycles. The lowest BCUT2D eigenvalue weighted by Gasteiger charge is -2.59. The fourth-order valence-corrected chi connectivity index (χ4v) is 8.82. The lowest BCUT2D eigenvalue weighted by Crippen LogP contribution is -2.65. The normalized spacial score (nSPS) is 31.7. The number of amides is 2. The van der Waals surface area contributed by atoms with Crippen LogP contribution >= 0.6 is 0 Å². The van der Waals surface area contributed by atoms with Crippen LogP contribution in [-0.4, -0.2) is 42.7 Å². The molecule has 0 spiro atoms. The van der Waals surface area contributed by atoms with E-state index in [0.717, 1.165) is 32.1 Å². The van der Waals surface area contributed by atoms with Gasteiger partial charge in [0.2, 0.25) is 21.8 Å². The van der Waals surface area contributed by atoms with E-state index in [0.29, 0.717) is 11.5 Å². The molecule has 1 aromatic rings. The Balaban J connectivity index is 1.56. The quantitative estimate of drug-likeness (QED) is 0.650. The first-order chi connectivity index (χ1) is 14.9. The maximum absolute atomic E-state index is 13.5. The number of hydrogen-bond donors (Lipinski definition) is 2. The standard InChI is InChI=1S/C24H35N3O4S/c1-5-27(32(30,31)19-9-7-6-8-15(19)2)23(3,4)22(29)26-20-17-10-16-11-18(20)14-24(12-16,13-17)21(25)28/h6-9,16-18,20H,5,10-14H2,1-4H3,(H2,25,28)(H,26,29). The van der Waals surface area contributed by atoms with E-state index in [-0.39, 0.29) is 41.1 Å². The second-order valence-corrected chi connectivity index (χ2v) is 12.4. The number of nitrogens with two attached hydrogens (primary N) is 1. The Morgan fingerprint density at radius 1 is 1.16 bits per heavy atom. The zero-order valence-electron chi connectivity index (χ0n) is 19.4. The van der Waals surface area contributed by atoms with E-state index in [2.05, 4.69) is 5.32 Å². The smallest absolute Gasteiger partial charge is 0.244 e. The van der Waals surface area contributed by atoms with Crippen LogP contribution in [0.3, 0.4) is 0 Å². The molecule has 2 atom stereocenters. The van der Waals surface area contributed by atoms with Crippen molar-refractivity contribution in [2.75, 3.05) is 6.54 Å². The Bertz CT molecular complexity index is 1020. The number of benzene rings is 1. The molecule has 32 heavy (non-hydrogen) atoms. The van der Waals surface area contributed by atoms with Gasteiger partial charge in [-0.05, 0) is 82.3 Å². The Kier molecular flexibility index (Phi) is 5.69. The van der Waals surface area contributed by atoms with E-state index in [1.165, 1.54) is 4.31 Å². The van der Waals surface area contributed by atoms with Crippen molar-refractivity contribution in [3.63, 3.8) is 0 Å². The first-order valence-electron chi connectivity index (χ1n) is 11.6. The van der Waals surface area contributed by atoms with Crippen molar-refractivity contribution in [1.29, 1.82) is 0 Å². The third-order valence-corrected chi connectivity index (χ3v) is 10.5. The summed E-state index contributed by atoms with van der Waals surface area (Å²) in [6.45, 7) is 7.04. The Hall–Kier alpha value is -1.93. The first-order valence-corrected chi connectivity index (χ1v) is 13.1. The molecule has 4 fully saturated rings. The monoisotopic (exact) mass is 461 g/mol. The molecule has 3 N–H and O–H groups in total. The molecule has 176 valence electrons. The third kappa shape index (κ3) is 3.55. The van der Waals surface area contributed by atoms with Gasteiger partial charge in [-0.15, -0.1) is 0 Å². The van der Waals surface area contributed by atoms with Gasteiger partial charge in [-0.2, -0.15) is 4.31 Å². The highest BCUT2D eigenvalue weighted by Crippen LogP contribution is 2.60. The number of primary amides is 1. The van der Waals surface area contributed by atoms with Crippen molar-refractivity contribution >= 4 is 21.8 Å². The van der Waals surface area contributed by atoms with Crippen LogP contribution in [-0.2, 0) is 19.6 Å². The van der Waals surface area contributed by atoms with Crippen LogP contribution in [0.1, 0.15) is 58.4 Å². The average Bonchev–Trinajstić information content (AvgIpc) is 2.70. The molecule has 4 bridgehead atoms. The minimum Gasteiger partial charge on any atom is -0.369 e. The second-order valence-electron chi connectivity index (χ2n) is 10.6. The summed E-state index contributed by atoms with van der Waals surface area (Å²) >= 11 is 0. The van der Waals surface area contributed by atoms with Crippen LogP contribution in [0.15, 0.2) is 29.2 Å². The molecule has 2 amide bonds. The van der Waals surface area contributed by atoms with E-state index >= 15 is 0 Å². The van der Waals surface area contributed by atoms with Gasteiger partial charge in [-0.3, -0.25) is 9.59 Å². The van der Waals surface area contributed by atoms with Gasteiger partial charge in [0.25, 0.3) is 0 Å². The van der Waals surface area contributed by atoms with Gasteiger partial charge in [-0.1, -0.05) is 25.1 Å². The van der Waals surface area contributed by atoms with Crippen LogP contribution in [0, 0.1) is 30.1 Å². The number of likely N-dealkylation sites (N-methyl/N-ethyl adjacent to an activating group) is 1. The second kappa shape index (κ2) is 7.83. The number of hydrogen-bond acceptors (Lipinski definition) is 4. The van der Waals surface area contributed by atoms with Crippen molar-refractivity contribution in [2.24, 2.45) is 28.9 Å². The highest BCUT2D eigenvalue weighted by atomic mass is 32.2. The molecule has 0 heterocycles. The molecule has 8 heteroatoms. The lowest BCUT2D eigenvalue weighted by atomic mass is 9.47. The van der Waals surface area contributed by atoms with Gasteiger partial charge in [0.1, 0.15) is 5.54 Å². The van der Waals surface area contributed by atoms with Crippen molar-refractivity contribution in [3.8, 4) is 0 Å². The van der Waals surface area contributed by atoms with Crippen LogP contribution < -0.4 is 11.1 Å². The minimum absolute atomic E-state index is 0.0364. The Morgan fingerprint density at radius 3 is 2.28 bits per heavy atom. The van der Waals surface area contributed by atoms with Gasteiger partial charge in [-0.25, -0.2) is 8.42 Å². The molecule has 0 saturated heterocycles. The Morgan fingerprint density at radius 2 is 1.75 bits per heavy atom. The van der Waals surface area contributed by atoms with Gasteiger partial charge in [0, 0.05) is 18.0 Å². The van der Waals surface area contributed by atoms with E-state index in [4.69, 9.17) is 5.73 Å². The van der Waals surface area contributed by atoms with Crippen LogP contribution in [0.25, 0.3) is 0 Å². The highest BCUT2D eigenvalue weighted by molar-refractivity contribution is 7.89. The zero-order valence-corrected chi connectivity index (χ0v) is 20.2. The SMILES string of the molecule is CCN(C(C)(C)C(=O)NC1C2CC3CC1CC(C(N)=O)(C3)C2)S(=O)(=O)c1ccccc1C. The highest BCUT2D eigenvalue weighted by Gasteiger charge is 2.58. The van der Waals surface area contributed by atoms with Gasteiger partial charge in [0.05, 0.1) is 4.90 Å². The molecule has 7 nitrogen and oxygen atoms in total. The fourth-order valence-electron chi connectivity index (χ4n) is 6.83. The largest absolute Gasteiger partial charge is 0.369 e. The van der Waals surface area contributed by atoms with E-state index in [9.17, 15) is 18.0 Å². The van der Waals surface area contributed by atoms with Crippen molar-refractivity contribution in [1.82, 2.24) is 9.62 Å². The molecular formula is C24H35N3O4S. The van der Waals surface area contributed by atoms with Crippen LogP contribution in [0.5, 0.6) is 0 Å². The van der Waals surface area contributed by atoms with Gasteiger partial charge < -0.3 is 11.1 Å². The van der Waals surface area contributed by atoms with Crippen molar-refractivity contribution in [2.45, 2.75) is 76.3 Å². The average molecular weight is 462 g/mol. The minimum atomic E-state index is -3.86. The molecule has 4 aliphatic carbocycles. The van der Waals surface area contributed by atoms with Gasteiger partial charge >= 0.3 is 0 Å². The summed E-state index contributed by atoms with van der Waals surface area (Å²) in [5.41, 5.74) is 4.76. The Labute approximate surface area is 191 Å². The molecule has 4 saturated carbocycles. The molecule has 0 radical (unpaired) electrons. The van der Waals surface area contributed by atoms with Crippen molar-refractivity contribution in [3.05, 3.63) is 29.8 Å². The number of nitrogens with one attached hydrogen (secondary N) is 1. The number of aryl methyl sites for hydroxylation is 1. The number of carbonyl (C=O) groups excluding carboxylic acids is 2. The summed E-state index contributed by atoms with van der Waals surface area (Å²) in [6.07, 6.45) is 4.31. The molecule has 5 rings (SSSR count). The number of carbonyl (C=O) groups is 2. The summed E-state index contributed by atoms with van der Waals surface area (Å²) in [4.78, 5) is 26.0. The molecular weight excluding hydrogens is 426 g/mol. The van der Waals surface area contributed by atoms with E-state index < -0.39 is 21.0 Å². The summed E-state index contributed by atoms with van der Waals surface area (Å²) in [5, 5.41) is 3.21. The number of nitrogens with zero attached hydrogens (tertiary/aromatic N) is 1. The van der Waals surface area contributed by atoms with Gasteiger partial charge in [0.15, 0.2) is 0 Å². The summed E-state index contributed by atoms with van der Waals surface area (Å²) < 4.78 is 28.3. The molecule has 4 aliphatic rings. The molecule has 0 aliphatic heterocycles. The van der Waals surface area contributed by atoms with Crippen LogP contribution in [0.2, 0.25) is 0 Å². The maximum Gasteiger partial charge on any atom is 0.244 e. The maximum atomic E-state index is 13.5. The fraction of sp³-hybridized carbons (Fsp3) is 0.667. The summed E-state index contributed by atoms with van der Waals surface area (Å²) in [5.74, 6) is 0.438. The first kappa shape index (κ1) is 23.2. The third-order valence-electron chi connectivity index (χ3n) is 8.22. The number of sulfonamides is 1.